The summed E-state index contributed by atoms with van der Waals surface area (Å²) in [6.45, 7) is 4.07. The van der Waals surface area contributed by atoms with Crippen LogP contribution in [-0.4, -0.2) is 38.3 Å². The number of amides is 1. The topological polar surface area (TPSA) is 75.7 Å². The van der Waals surface area contributed by atoms with Crippen LogP contribution in [0, 0.1) is 0 Å². The number of hydrogen-bond acceptors (Lipinski definition) is 4. The Balaban J connectivity index is 2.00. The Morgan fingerprint density at radius 2 is 1.59 bits per heavy atom. The number of carbonyl (C=O) groups is 1. The van der Waals surface area contributed by atoms with E-state index < -0.39 is 15.9 Å². The molecule has 6 nitrogen and oxygen atoms in total. The van der Waals surface area contributed by atoms with E-state index in [0.29, 0.717) is 34.6 Å². The fraction of sp³-hybridized carbons (Fsp3) is 0.278. The molecule has 0 aromatic heterocycles. The molecule has 0 bridgehead atoms. The lowest BCUT2D eigenvalue weighted by molar-refractivity contribution is -0.118. The van der Waals surface area contributed by atoms with Gasteiger partial charge in [0.05, 0.1) is 20.6 Å². The van der Waals surface area contributed by atoms with Crippen LogP contribution >= 0.6 is 23.2 Å². The highest BCUT2D eigenvalue weighted by atomic mass is 35.5. The predicted molar refractivity (Wildman–Crippen MR) is 107 cm³/mol. The van der Waals surface area contributed by atoms with E-state index in [1.54, 1.807) is 32.0 Å². The number of sulfonamides is 1. The van der Waals surface area contributed by atoms with Crippen molar-refractivity contribution in [1.82, 2.24) is 4.31 Å². The maximum absolute atomic E-state index is 12.4. The van der Waals surface area contributed by atoms with E-state index in [-0.39, 0.29) is 11.5 Å². The fourth-order valence-corrected chi connectivity index (χ4v) is 4.31. The number of halogens is 2. The molecule has 2 aromatic rings. The average molecular weight is 431 g/mol. The normalized spacial score (nSPS) is 11.4. The Bertz CT molecular complexity index is 878. The van der Waals surface area contributed by atoms with Crippen molar-refractivity contribution in [2.24, 2.45) is 0 Å². The van der Waals surface area contributed by atoms with Crippen molar-refractivity contribution in [3.8, 4) is 5.75 Å². The molecule has 1 N–H and O–H groups in total. The van der Waals surface area contributed by atoms with E-state index in [1.165, 1.54) is 28.6 Å². The van der Waals surface area contributed by atoms with Crippen LogP contribution in [0.15, 0.2) is 47.4 Å². The number of nitrogens with zero attached hydrogens (tertiary/aromatic N) is 1. The first-order chi connectivity index (χ1) is 12.8. The van der Waals surface area contributed by atoms with Crippen LogP contribution in [0.5, 0.6) is 5.75 Å². The molecule has 0 fully saturated rings. The zero-order chi connectivity index (χ0) is 20.0. The van der Waals surface area contributed by atoms with E-state index in [4.69, 9.17) is 27.9 Å². The second-order valence-electron chi connectivity index (χ2n) is 5.49. The van der Waals surface area contributed by atoms with E-state index in [1.807, 2.05) is 0 Å². The summed E-state index contributed by atoms with van der Waals surface area (Å²) < 4.78 is 31.6. The van der Waals surface area contributed by atoms with Gasteiger partial charge in [-0.1, -0.05) is 43.1 Å². The number of carbonyl (C=O) groups excluding carboxylic acids is 1. The van der Waals surface area contributed by atoms with Gasteiger partial charge in [-0.3, -0.25) is 4.79 Å². The molecule has 0 spiro atoms. The molecular weight excluding hydrogens is 411 g/mol. The Kier molecular flexibility index (Phi) is 7.49. The minimum Gasteiger partial charge on any atom is -0.484 e. The molecule has 2 rings (SSSR count). The molecule has 0 aliphatic carbocycles. The Morgan fingerprint density at radius 3 is 2.11 bits per heavy atom. The monoisotopic (exact) mass is 430 g/mol. The van der Waals surface area contributed by atoms with Gasteiger partial charge in [0, 0.05) is 13.1 Å². The molecule has 9 heteroatoms. The first-order valence-electron chi connectivity index (χ1n) is 8.26. The third kappa shape index (κ3) is 5.35. The minimum atomic E-state index is -3.53. The van der Waals surface area contributed by atoms with Gasteiger partial charge in [-0.05, 0) is 36.4 Å². The third-order valence-electron chi connectivity index (χ3n) is 3.76. The van der Waals surface area contributed by atoms with Gasteiger partial charge in [0.2, 0.25) is 10.0 Å². The van der Waals surface area contributed by atoms with Crippen molar-refractivity contribution in [1.29, 1.82) is 0 Å². The van der Waals surface area contributed by atoms with Crippen molar-refractivity contribution >= 4 is 44.8 Å². The van der Waals surface area contributed by atoms with Gasteiger partial charge >= 0.3 is 0 Å². The lowest BCUT2D eigenvalue weighted by Crippen LogP contribution is -2.30. The van der Waals surface area contributed by atoms with Crippen LogP contribution in [0.3, 0.4) is 0 Å². The number of benzene rings is 2. The Labute approximate surface area is 169 Å². The highest BCUT2D eigenvalue weighted by Gasteiger charge is 2.21. The molecule has 27 heavy (non-hydrogen) atoms. The summed E-state index contributed by atoms with van der Waals surface area (Å²) in [5.74, 6) is -0.0706. The molecule has 0 atom stereocenters. The second kappa shape index (κ2) is 9.41. The second-order valence-corrected chi connectivity index (χ2v) is 8.25. The van der Waals surface area contributed by atoms with Crippen molar-refractivity contribution in [3.63, 3.8) is 0 Å². The number of hydrogen-bond donors (Lipinski definition) is 1. The molecule has 2 aromatic carbocycles. The number of ether oxygens (including phenoxy) is 1. The van der Waals surface area contributed by atoms with E-state index >= 15 is 0 Å². The molecular formula is C18H20Cl2N2O4S. The number of para-hydroxylation sites is 1. The van der Waals surface area contributed by atoms with E-state index in [2.05, 4.69) is 5.32 Å². The summed E-state index contributed by atoms with van der Waals surface area (Å²) in [5, 5.41) is 3.23. The number of rotatable bonds is 8. The summed E-state index contributed by atoms with van der Waals surface area (Å²) in [6.07, 6.45) is 0. The minimum absolute atomic E-state index is 0.172. The molecule has 0 saturated heterocycles. The summed E-state index contributed by atoms with van der Waals surface area (Å²) >= 11 is 12.0. The van der Waals surface area contributed by atoms with Crippen LogP contribution in [0.1, 0.15) is 13.8 Å². The highest BCUT2D eigenvalue weighted by molar-refractivity contribution is 7.89. The van der Waals surface area contributed by atoms with Crippen molar-refractivity contribution < 1.29 is 17.9 Å². The average Bonchev–Trinajstić information content (AvgIpc) is 2.64. The van der Waals surface area contributed by atoms with Gasteiger partial charge in [-0.2, -0.15) is 4.31 Å². The van der Waals surface area contributed by atoms with Gasteiger partial charge in [-0.25, -0.2) is 8.42 Å². The van der Waals surface area contributed by atoms with Crippen molar-refractivity contribution in [3.05, 3.63) is 52.5 Å². The molecule has 0 aliphatic rings. The first kappa shape index (κ1) is 21.5. The predicted octanol–water partition coefficient (Wildman–Crippen LogP) is 4.04. The number of anilines is 1. The maximum atomic E-state index is 12.4. The first-order valence-corrected chi connectivity index (χ1v) is 10.5. The highest BCUT2D eigenvalue weighted by Crippen LogP contribution is 2.29. The van der Waals surface area contributed by atoms with Gasteiger partial charge in [0.1, 0.15) is 5.75 Å². The fourth-order valence-electron chi connectivity index (χ4n) is 2.36. The molecule has 1 amide bonds. The van der Waals surface area contributed by atoms with Crippen LogP contribution < -0.4 is 10.1 Å². The summed E-state index contributed by atoms with van der Waals surface area (Å²) in [7, 11) is -3.53. The van der Waals surface area contributed by atoms with E-state index in [0.717, 1.165) is 0 Å². The van der Waals surface area contributed by atoms with Crippen molar-refractivity contribution in [2.75, 3.05) is 25.0 Å². The standard InChI is InChI=1S/C18H20Cl2N2O4S/c1-3-22(4-2)27(24,25)14-10-8-13(9-11-14)26-12-17(23)21-18-15(19)6-5-7-16(18)20/h5-11H,3-4,12H2,1-2H3,(H,21,23). The van der Waals surface area contributed by atoms with Crippen LogP contribution in [0.4, 0.5) is 5.69 Å². The molecule has 0 aliphatic heterocycles. The van der Waals surface area contributed by atoms with Gasteiger partial charge < -0.3 is 10.1 Å². The largest absolute Gasteiger partial charge is 0.484 e. The smallest absolute Gasteiger partial charge is 0.262 e. The summed E-state index contributed by atoms with van der Waals surface area (Å²) in [4.78, 5) is 12.2. The zero-order valence-corrected chi connectivity index (χ0v) is 17.2. The number of nitrogens with one attached hydrogen (secondary N) is 1. The van der Waals surface area contributed by atoms with Gasteiger partial charge in [0.25, 0.3) is 5.91 Å². The molecule has 146 valence electrons. The van der Waals surface area contributed by atoms with Crippen LogP contribution in [-0.2, 0) is 14.8 Å². The quantitative estimate of drug-likeness (QED) is 0.685. The molecule has 0 heterocycles. The third-order valence-corrected chi connectivity index (χ3v) is 6.46. The van der Waals surface area contributed by atoms with Crippen LogP contribution in [0.2, 0.25) is 10.0 Å². The molecule has 0 saturated carbocycles. The Morgan fingerprint density at radius 1 is 1.04 bits per heavy atom. The molecule has 0 radical (unpaired) electrons. The summed E-state index contributed by atoms with van der Waals surface area (Å²) in [6, 6.07) is 10.8. The molecule has 0 unspecified atom stereocenters. The Hall–Kier alpha value is -1.80. The maximum Gasteiger partial charge on any atom is 0.262 e. The summed E-state index contributed by atoms with van der Waals surface area (Å²) in [5.41, 5.74) is 0.315. The van der Waals surface area contributed by atoms with Crippen molar-refractivity contribution in [2.45, 2.75) is 18.7 Å². The lowest BCUT2D eigenvalue weighted by Gasteiger charge is -2.18. The lowest BCUT2D eigenvalue weighted by atomic mass is 10.3. The van der Waals surface area contributed by atoms with Gasteiger partial charge in [-0.15, -0.1) is 0 Å². The van der Waals surface area contributed by atoms with Gasteiger partial charge in [0.15, 0.2) is 6.61 Å². The SMILES string of the molecule is CCN(CC)S(=O)(=O)c1ccc(OCC(=O)Nc2c(Cl)cccc2Cl)cc1. The van der Waals surface area contributed by atoms with Crippen LogP contribution in [0.25, 0.3) is 0 Å². The zero-order valence-electron chi connectivity index (χ0n) is 14.9. The van der Waals surface area contributed by atoms with E-state index in [9.17, 15) is 13.2 Å².